The Bertz CT molecular complexity index is 119. The maximum atomic E-state index is 12.6. The molecule has 0 fully saturated rings. The van der Waals surface area contributed by atoms with Crippen LogP contribution in [-0.2, 0) is 9.53 Å². The van der Waals surface area contributed by atoms with E-state index < -0.39 is 6.17 Å². The van der Waals surface area contributed by atoms with E-state index >= 15 is 0 Å². The molecular formula is C7H14FNO2. The van der Waals surface area contributed by atoms with Crippen LogP contribution < -0.4 is 5.73 Å². The van der Waals surface area contributed by atoms with Crippen molar-refractivity contribution in [3.8, 4) is 0 Å². The molecule has 1 unspecified atom stereocenters. The number of ether oxygens (including phenoxy) is 1. The van der Waals surface area contributed by atoms with Gasteiger partial charge in [-0.05, 0) is 19.4 Å². The van der Waals surface area contributed by atoms with Crippen LogP contribution in [0.15, 0.2) is 0 Å². The largest absolute Gasteiger partial charge is 0.469 e. The molecule has 66 valence electrons. The maximum Gasteiger partial charge on any atom is 0.305 e. The van der Waals surface area contributed by atoms with E-state index in [1.165, 1.54) is 7.11 Å². The third-order valence-corrected chi connectivity index (χ3v) is 1.37. The summed E-state index contributed by atoms with van der Waals surface area (Å²) in [7, 11) is 1.29. The predicted octanol–water partition coefficient (Wildman–Crippen LogP) is 0.626. The van der Waals surface area contributed by atoms with Crippen LogP contribution in [0.2, 0.25) is 0 Å². The van der Waals surface area contributed by atoms with Crippen molar-refractivity contribution in [1.82, 2.24) is 0 Å². The van der Waals surface area contributed by atoms with Crippen LogP contribution in [0.4, 0.5) is 4.39 Å². The summed E-state index contributed by atoms with van der Waals surface area (Å²) in [6.07, 6.45) is -0.308. The summed E-state index contributed by atoms with van der Waals surface area (Å²) in [4.78, 5) is 10.5. The quantitative estimate of drug-likeness (QED) is 0.605. The van der Waals surface area contributed by atoms with Crippen molar-refractivity contribution < 1.29 is 13.9 Å². The van der Waals surface area contributed by atoms with Gasteiger partial charge in [-0.15, -0.1) is 0 Å². The van der Waals surface area contributed by atoms with Crippen LogP contribution >= 0.6 is 0 Å². The number of rotatable bonds is 5. The summed E-state index contributed by atoms with van der Waals surface area (Å²) in [5.74, 6) is -0.371. The number of methoxy groups -OCH3 is 1. The second-order valence-corrected chi connectivity index (χ2v) is 2.29. The SMILES string of the molecule is COC(=O)CCC(F)CCN. The van der Waals surface area contributed by atoms with Gasteiger partial charge in [0.2, 0.25) is 0 Å². The molecule has 0 aromatic rings. The van der Waals surface area contributed by atoms with Crippen molar-refractivity contribution in [1.29, 1.82) is 0 Å². The number of carbonyl (C=O) groups is 1. The van der Waals surface area contributed by atoms with E-state index in [9.17, 15) is 9.18 Å². The van der Waals surface area contributed by atoms with Crippen molar-refractivity contribution in [2.75, 3.05) is 13.7 Å². The van der Waals surface area contributed by atoms with Gasteiger partial charge in [-0.2, -0.15) is 0 Å². The lowest BCUT2D eigenvalue weighted by molar-refractivity contribution is -0.141. The van der Waals surface area contributed by atoms with Crippen LogP contribution in [0.3, 0.4) is 0 Å². The highest BCUT2D eigenvalue weighted by atomic mass is 19.1. The molecule has 0 aliphatic rings. The average molecular weight is 163 g/mol. The van der Waals surface area contributed by atoms with Crippen LogP contribution in [0.5, 0.6) is 0 Å². The number of carbonyl (C=O) groups excluding carboxylic acids is 1. The smallest absolute Gasteiger partial charge is 0.305 e. The molecule has 0 heterocycles. The predicted molar refractivity (Wildman–Crippen MR) is 39.8 cm³/mol. The number of hydrogen-bond donors (Lipinski definition) is 1. The summed E-state index contributed by atoms with van der Waals surface area (Å²) < 4.78 is 17.0. The highest BCUT2D eigenvalue weighted by Crippen LogP contribution is 2.05. The zero-order valence-electron chi connectivity index (χ0n) is 6.68. The molecule has 3 nitrogen and oxygen atoms in total. The summed E-state index contributed by atoms with van der Waals surface area (Å²) >= 11 is 0. The van der Waals surface area contributed by atoms with Crippen molar-refractivity contribution in [3.63, 3.8) is 0 Å². The normalized spacial score (nSPS) is 12.6. The van der Waals surface area contributed by atoms with E-state index in [4.69, 9.17) is 5.73 Å². The number of esters is 1. The number of nitrogens with two attached hydrogens (primary N) is 1. The van der Waals surface area contributed by atoms with E-state index in [0.717, 1.165) is 0 Å². The molecule has 2 N–H and O–H groups in total. The van der Waals surface area contributed by atoms with E-state index in [1.54, 1.807) is 0 Å². The maximum absolute atomic E-state index is 12.6. The standard InChI is InChI=1S/C7H14FNO2/c1-11-7(10)3-2-6(8)4-5-9/h6H,2-5,9H2,1H3. The Kier molecular flexibility index (Phi) is 5.74. The molecule has 0 aliphatic heterocycles. The molecule has 0 aromatic carbocycles. The van der Waals surface area contributed by atoms with Crippen molar-refractivity contribution in [3.05, 3.63) is 0 Å². The van der Waals surface area contributed by atoms with Crippen LogP contribution in [0.1, 0.15) is 19.3 Å². The van der Waals surface area contributed by atoms with Gasteiger partial charge >= 0.3 is 5.97 Å². The van der Waals surface area contributed by atoms with Gasteiger partial charge in [0, 0.05) is 6.42 Å². The molecule has 0 amide bonds. The molecule has 0 spiro atoms. The molecule has 0 aliphatic carbocycles. The summed E-state index contributed by atoms with van der Waals surface area (Å²) in [6, 6.07) is 0. The molecule has 0 saturated heterocycles. The number of hydrogen-bond acceptors (Lipinski definition) is 3. The van der Waals surface area contributed by atoms with Gasteiger partial charge in [-0.3, -0.25) is 4.79 Å². The number of halogens is 1. The van der Waals surface area contributed by atoms with Gasteiger partial charge in [-0.1, -0.05) is 0 Å². The van der Waals surface area contributed by atoms with E-state index in [1.807, 2.05) is 0 Å². The highest BCUT2D eigenvalue weighted by Gasteiger charge is 2.08. The Morgan fingerprint density at radius 2 is 2.27 bits per heavy atom. The minimum atomic E-state index is -0.973. The summed E-state index contributed by atoms with van der Waals surface area (Å²) in [5.41, 5.74) is 5.11. The van der Waals surface area contributed by atoms with Gasteiger partial charge in [0.25, 0.3) is 0 Å². The summed E-state index contributed by atoms with van der Waals surface area (Å²) in [6.45, 7) is 0.322. The third-order valence-electron chi connectivity index (χ3n) is 1.37. The van der Waals surface area contributed by atoms with Gasteiger partial charge in [0.15, 0.2) is 0 Å². The van der Waals surface area contributed by atoms with Gasteiger partial charge in [0.05, 0.1) is 7.11 Å². The fourth-order valence-corrected chi connectivity index (χ4v) is 0.702. The van der Waals surface area contributed by atoms with Crippen LogP contribution in [0.25, 0.3) is 0 Å². The lowest BCUT2D eigenvalue weighted by atomic mass is 10.1. The first-order chi connectivity index (χ1) is 5.20. The molecular weight excluding hydrogens is 149 g/mol. The third kappa shape index (κ3) is 5.79. The first-order valence-corrected chi connectivity index (χ1v) is 3.61. The zero-order valence-corrected chi connectivity index (χ0v) is 6.68. The zero-order chi connectivity index (χ0) is 8.69. The van der Waals surface area contributed by atoms with Crippen molar-refractivity contribution in [2.24, 2.45) is 5.73 Å². The molecule has 0 bridgehead atoms. The number of alkyl halides is 1. The Morgan fingerprint density at radius 1 is 1.64 bits per heavy atom. The second kappa shape index (κ2) is 6.09. The van der Waals surface area contributed by atoms with E-state index in [2.05, 4.69) is 4.74 Å². The van der Waals surface area contributed by atoms with Crippen molar-refractivity contribution >= 4 is 5.97 Å². The molecule has 0 radical (unpaired) electrons. The first-order valence-electron chi connectivity index (χ1n) is 3.61. The molecule has 11 heavy (non-hydrogen) atoms. The highest BCUT2D eigenvalue weighted by molar-refractivity contribution is 5.69. The second-order valence-electron chi connectivity index (χ2n) is 2.29. The van der Waals surface area contributed by atoms with Gasteiger partial charge in [-0.25, -0.2) is 4.39 Å². The van der Waals surface area contributed by atoms with Crippen molar-refractivity contribution in [2.45, 2.75) is 25.4 Å². The van der Waals surface area contributed by atoms with E-state index in [-0.39, 0.29) is 18.8 Å². The van der Waals surface area contributed by atoms with Crippen LogP contribution in [-0.4, -0.2) is 25.8 Å². The van der Waals surface area contributed by atoms with Gasteiger partial charge < -0.3 is 10.5 Å². The Hall–Kier alpha value is -0.640. The molecule has 0 saturated carbocycles. The Balaban J connectivity index is 3.29. The Labute approximate surface area is 65.7 Å². The fraction of sp³-hybridized carbons (Fsp3) is 0.857. The monoisotopic (exact) mass is 163 g/mol. The molecule has 1 atom stereocenters. The molecule has 0 aromatic heterocycles. The minimum absolute atomic E-state index is 0.137. The topological polar surface area (TPSA) is 52.3 Å². The average Bonchev–Trinajstić information content (AvgIpc) is 2.01. The Morgan fingerprint density at radius 3 is 2.73 bits per heavy atom. The first kappa shape index (κ1) is 10.4. The van der Waals surface area contributed by atoms with Crippen LogP contribution in [0, 0.1) is 0 Å². The van der Waals surface area contributed by atoms with Gasteiger partial charge in [0.1, 0.15) is 6.17 Å². The molecule has 4 heteroatoms. The lowest BCUT2D eigenvalue weighted by Crippen LogP contribution is -2.11. The van der Waals surface area contributed by atoms with E-state index in [0.29, 0.717) is 13.0 Å². The summed E-state index contributed by atoms with van der Waals surface area (Å²) in [5, 5.41) is 0. The minimum Gasteiger partial charge on any atom is -0.469 e. The lowest BCUT2D eigenvalue weighted by Gasteiger charge is -2.04. The fourth-order valence-electron chi connectivity index (χ4n) is 0.702. The molecule has 0 rings (SSSR count).